The Morgan fingerprint density at radius 3 is 2.97 bits per heavy atom. The summed E-state index contributed by atoms with van der Waals surface area (Å²) in [6.45, 7) is 2.65. The van der Waals surface area contributed by atoms with E-state index in [1.54, 1.807) is 35.8 Å². The molecule has 3 atom stereocenters. The number of nitrogens with two attached hydrogens (primary N) is 1. The minimum atomic E-state index is -1.06. The van der Waals surface area contributed by atoms with Gasteiger partial charge in [-0.05, 0) is 32.0 Å². The van der Waals surface area contributed by atoms with E-state index in [9.17, 15) is 9.90 Å². The molecule has 4 rings (SSSR count). The maximum Gasteiger partial charge on any atom is 0.256 e. The van der Waals surface area contributed by atoms with Crippen molar-refractivity contribution >= 4 is 28.8 Å². The highest BCUT2D eigenvalue weighted by atomic mass is 16.6. The van der Waals surface area contributed by atoms with Crippen molar-refractivity contribution in [3.05, 3.63) is 42.2 Å². The number of nitrogens with one attached hydrogen (secondary N) is 2. The van der Waals surface area contributed by atoms with Crippen molar-refractivity contribution in [3.8, 4) is 0 Å². The molecule has 0 radical (unpaired) electrons. The zero-order chi connectivity index (χ0) is 23.4. The summed E-state index contributed by atoms with van der Waals surface area (Å²) in [4.78, 5) is 25.9. The number of fused-ring (bicyclic) bond motifs is 1. The van der Waals surface area contributed by atoms with Crippen molar-refractivity contribution in [3.63, 3.8) is 0 Å². The molecule has 1 saturated heterocycles. The van der Waals surface area contributed by atoms with Crippen LogP contribution in [0.25, 0.3) is 11.2 Å². The summed E-state index contributed by atoms with van der Waals surface area (Å²) >= 11 is 0. The highest BCUT2D eigenvalue weighted by Crippen LogP contribution is 2.40. The van der Waals surface area contributed by atoms with Gasteiger partial charge in [0, 0.05) is 18.5 Å². The first kappa shape index (κ1) is 20.8. The lowest BCUT2D eigenvalue weighted by atomic mass is 10.0. The monoisotopic (exact) mass is 443 g/mol. The van der Waals surface area contributed by atoms with Crippen LogP contribution in [0.15, 0.2) is 36.7 Å². The fraction of sp³-hybridized carbons (Fsp3) is 0.429. The average Bonchev–Trinajstić information content (AvgIpc) is 3.32. The average molecular weight is 444 g/mol. The molecular weight excluding hydrogens is 414 g/mol. The lowest BCUT2D eigenvalue weighted by molar-refractivity contribution is -0.114. The number of carbonyl (C=O) groups excluding carboxylic acids is 1. The molecule has 170 valence electrons. The molecule has 0 spiro atoms. The number of aliphatic hydroxyl groups is 2. The van der Waals surface area contributed by atoms with E-state index in [1.165, 1.54) is 6.33 Å². The van der Waals surface area contributed by atoms with Gasteiger partial charge in [0.2, 0.25) is 7.38 Å². The zero-order valence-electron chi connectivity index (χ0n) is 18.7. The minimum Gasteiger partial charge on any atom is -0.393 e. The minimum absolute atomic E-state index is 0.0966. The molecule has 1 aliphatic heterocycles. The van der Waals surface area contributed by atoms with E-state index in [0.29, 0.717) is 42.2 Å². The highest BCUT2D eigenvalue weighted by Gasteiger charge is 2.46. The van der Waals surface area contributed by atoms with E-state index in [4.69, 9.17) is 11.9 Å². The molecule has 3 heterocycles. The number of benzene rings is 1. The van der Waals surface area contributed by atoms with E-state index < -0.39 is 17.9 Å². The van der Waals surface area contributed by atoms with E-state index in [0.717, 1.165) is 0 Å². The van der Waals surface area contributed by atoms with Gasteiger partial charge < -0.3 is 31.3 Å². The number of ether oxygens (including phenoxy) is 1. The predicted molar refractivity (Wildman–Crippen MR) is 118 cm³/mol. The topological polar surface area (TPSA) is 160 Å². The summed E-state index contributed by atoms with van der Waals surface area (Å²) in [6, 6.07) is 8.79. The lowest BCUT2D eigenvalue weighted by Gasteiger charge is -2.25. The molecule has 0 aliphatic carbocycles. The van der Waals surface area contributed by atoms with Crippen LogP contribution in [0, 0.1) is 0 Å². The SMILES string of the molecule is [3H]OCC1(C)OC(n2c(NCCCN)nc3c(NC(=O)c4ccccc4)ncnc32)CC1O. The van der Waals surface area contributed by atoms with Crippen LogP contribution in [-0.4, -0.2) is 68.5 Å². The Bertz CT molecular complexity index is 1110. The van der Waals surface area contributed by atoms with Crippen molar-refractivity contribution in [1.82, 2.24) is 19.5 Å². The molecule has 1 amide bonds. The maximum absolute atomic E-state index is 12.7. The highest BCUT2D eigenvalue weighted by molar-refractivity contribution is 6.06. The molecule has 2 aromatic heterocycles. The van der Waals surface area contributed by atoms with Crippen LogP contribution in [0.2, 0.25) is 0 Å². The van der Waals surface area contributed by atoms with Crippen molar-refractivity contribution in [2.45, 2.75) is 37.7 Å². The Kier molecular flexibility index (Phi) is 5.95. The van der Waals surface area contributed by atoms with Crippen molar-refractivity contribution < 1.29 is 19.7 Å². The second-order valence-electron chi connectivity index (χ2n) is 7.87. The normalized spacial score (nSPS) is 23.3. The molecule has 0 saturated carbocycles. The molecule has 6 N–H and O–H groups in total. The maximum atomic E-state index is 12.7. The first-order valence-corrected chi connectivity index (χ1v) is 10.4. The number of amides is 1. The number of aliphatic hydroxyl groups excluding tert-OH is 2. The van der Waals surface area contributed by atoms with Crippen LogP contribution < -0.4 is 16.4 Å². The number of hydrogen-bond donors (Lipinski definition) is 5. The van der Waals surface area contributed by atoms with Crippen molar-refractivity contribution in [1.29, 1.82) is 1.43 Å². The van der Waals surface area contributed by atoms with Crippen LogP contribution in [0.5, 0.6) is 0 Å². The first-order chi connectivity index (χ1) is 16.0. The first-order valence-electron chi connectivity index (χ1n) is 10.8. The smallest absolute Gasteiger partial charge is 0.256 e. The Balaban J connectivity index is 1.71. The van der Waals surface area contributed by atoms with Gasteiger partial charge in [-0.3, -0.25) is 9.36 Å². The summed E-state index contributed by atoms with van der Waals surface area (Å²) < 4.78 is 14.9. The third-order valence-corrected chi connectivity index (χ3v) is 5.52. The Morgan fingerprint density at radius 1 is 1.41 bits per heavy atom. The van der Waals surface area contributed by atoms with Gasteiger partial charge in [0.25, 0.3) is 5.91 Å². The van der Waals surface area contributed by atoms with E-state index in [-0.39, 0.29) is 24.8 Å². The van der Waals surface area contributed by atoms with Crippen LogP contribution in [0.1, 0.15) is 36.4 Å². The van der Waals surface area contributed by atoms with E-state index in [2.05, 4.69) is 30.7 Å². The van der Waals surface area contributed by atoms with Gasteiger partial charge in [-0.1, -0.05) is 18.2 Å². The summed E-state index contributed by atoms with van der Waals surface area (Å²) in [5.41, 5.74) is 5.85. The molecule has 32 heavy (non-hydrogen) atoms. The van der Waals surface area contributed by atoms with Gasteiger partial charge >= 0.3 is 0 Å². The lowest BCUT2D eigenvalue weighted by Crippen LogP contribution is -2.39. The molecule has 1 fully saturated rings. The van der Waals surface area contributed by atoms with Gasteiger partial charge in [0.15, 0.2) is 17.0 Å². The number of carbonyl (C=O) groups is 1. The van der Waals surface area contributed by atoms with Gasteiger partial charge in [-0.25, -0.2) is 15.0 Å². The van der Waals surface area contributed by atoms with E-state index in [1.807, 2.05) is 6.07 Å². The Morgan fingerprint density at radius 2 is 2.22 bits per heavy atom. The molecule has 11 nitrogen and oxygen atoms in total. The van der Waals surface area contributed by atoms with Gasteiger partial charge in [-0.2, -0.15) is 0 Å². The third-order valence-electron chi connectivity index (χ3n) is 5.52. The molecule has 11 heteroatoms. The number of rotatable bonds is 9. The van der Waals surface area contributed by atoms with Crippen LogP contribution >= 0.6 is 0 Å². The van der Waals surface area contributed by atoms with Gasteiger partial charge in [0.1, 0.15) is 18.2 Å². The van der Waals surface area contributed by atoms with E-state index >= 15 is 0 Å². The Hall–Kier alpha value is -3.12. The summed E-state index contributed by atoms with van der Waals surface area (Å²) in [5, 5.41) is 21.1. The molecule has 1 aliphatic rings. The zero-order valence-corrected chi connectivity index (χ0v) is 17.7. The quantitative estimate of drug-likeness (QED) is 0.302. The number of aromatic nitrogens is 4. The Labute approximate surface area is 186 Å². The number of imidazole rings is 1. The number of hydrogen-bond acceptors (Lipinski definition) is 9. The standard InChI is InChI=1S/C21H27N7O4/c1-21(11-29)14(30)10-15(32-21)28-18-16(26-20(28)23-9-5-8-22)17(24-12-25-18)27-19(31)13-6-3-2-4-7-13/h2-4,6-7,12,14-15,29-30H,5,8-11,22H2,1H3,(H,23,26)(H,24,25,27,31)/i29T. The predicted octanol–water partition coefficient (Wildman–Crippen LogP) is 0.870. The van der Waals surface area contributed by atoms with Crippen LogP contribution in [-0.2, 0) is 4.74 Å². The number of anilines is 2. The fourth-order valence-corrected chi connectivity index (χ4v) is 3.64. The molecule has 3 unspecified atom stereocenters. The summed E-state index contributed by atoms with van der Waals surface area (Å²) in [6.07, 6.45) is 0.805. The molecule has 1 aromatic carbocycles. The van der Waals surface area contributed by atoms with Crippen molar-refractivity contribution in [2.24, 2.45) is 5.73 Å². The molecule has 3 aromatic rings. The summed E-state index contributed by atoms with van der Waals surface area (Å²) in [7, 11) is 0. The summed E-state index contributed by atoms with van der Waals surface area (Å²) in [5.74, 6) is 0.378. The fourth-order valence-electron chi connectivity index (χ4n) is 3.64. The largest absolute Gasteiger partial charge is 0.393 e. The van der Waals surface area contributed by atoms with Crippen molar-refractivity contribution in [2.75, 3.05) is 30.3 Å². The van der Waals surface area contributed by atoms with Crippen LogP contribution in [0.3, 0.4) is 0 Å². The molecular formula is C21H27N7O4. The molecule has 0 bridgehead atoms. The van der Waals surface area contributed by atoms with Crippen LogP contribution in [0.4, 0.5) is 11.8 Å². The number of nitrogens with zero attached hydrogens (tertiary/aromatic N) is 4. The van der Waals surface area contributed by atoms with Gasteiger partial charge in [0.05, 0.1) is 12.7 Å². The second kappa shape index (κ2) is 9.17. The second-order valence-corrected chi connectivity index (χ2v) is 7.87. The third kappa shape index (κ3) is 4.15. The van der Waals surface area contributed by atoms with Gasteiger partial charge in [-0.15, -0.1) is 0 Å².